The summed E-state index contributed by atoms with van der Waals surface area (Å²) < 4.78 is 11.2. The number of hydrogen-bond donors (Lipinski definition) is 1. The Morgan fingerprint density at radius 2 is 1.92 bits per heavy atom. The zero-order chi connectivity index (χ0) is 17.3. The van der Waals surface area contributed by atoms with Gasteiger partial charge in [0.1, 0.15) is 11.3 Å². The Labute approximate surface area is 144 Å². The van der Waals surface area contributed by atoms with E-state index in [1.165, 1.54) is 0 Å². The van der Waals surface area contributed by atoms with E-state index in [0.717, 1.165) is 0 Å². The Hall–Kier alpha value is -2.53. The summed E-state index contributed by atoms with van der Waals surface area (Å²) in [6, 6.07) is 12.2. The molecule has 0 atom stereocenters. The quantitative estimate of drug-likeness (QED) is 0.752. The highest BCUT2D eigenvalue weighted by atomic mass is 35.5. The van der Waals surface area contributed by atoms with Crippen molar-refractivity contribution >= 4 is 34.3 Å². The van der Waals surface area contributed by atoms with E-state index >= 15 is 0 Å². The van der Waals surface area contributed by atoms with Gasteiger partial charge in [-0.1, -0.05) is 11.6 Å². The lowest BCUT2D eigenvalue weighted by Gasteiger charge is -2.25. The number of aromatic nitrogens is 1. The predicted octanol–water partition coefficient (Wildman–Crippen LogP) is 4.59. The van der Waals surface area contributed by atoms with E-state index in [1.54, 1.807) is 63.2 Å². The van der Waals surface area contributed by atoms with Crippen LogP contribution in [0.4, 0.5) is 5.69 Å². The van der Waals surface area contributed by atoms with E-state index in [4.69, 9.17) is 20.8 Å². The van der Waals surface area contributed by atoms with Crippen LogP contribution in [0, 0.1) is 6.92 Å². The zero-order valence-corrected chi connectivity index (χ0v) is 14.3. The first-order valence-electron chi connectivity index (χ1n) is 7.47. The predicted molar refractivity (Wildman–Crippen MR) is 93.5 cm³/mol. The normalized spacial score (nSPS) is 11.5. The van der Waals surface area contributed by atoms with Crippen molar-refractivity contribution in [3.05, 3.63) is 53.4 Å². The van der Waals surface area contributed by atoms with E-state index < -0.39 is 5.60 Å². The minimum Gasteiger partial charge on any atom is -0.478 e. The maximum Gasteiger partial charge on any atom is 0.267 e. The molecule has 0 aliphatic rings. The molecule has 0 saturated heterocycles. The van der Waals surface area contributed by atoms with Crippen LogP contribution < -0.4 is 10.1 Å². The average molecular weight is 345 g/mol. The van der Waals surface area contributed by atoms with Crippen molar-refractivity contribution in [2.45, 2.75) is 26.4 Å². The first kappa shape index (κ1) is 16.3. The molecule has 24 heavy (non-hydrogen) atoms. The number of carbonyl (C=O) groups is 1. The standard InChI is InChI=1S/C18H17ClN2O3/c1-11-20-15-10-13(6-9-16(15)23-11)21-17(22)18(2,3)24-14-7-4-12(19)5-8-14/h4-10H,1-3H3,(H,21,22). The van der Waals surface area contributed by atoms with Crippen LogP contribution in [0.15, 0.2) is 46.9 Å². The van der Waals surface area contributed by atoms with Crippen molar-refractivity contribution < 1.29 is 13.9 Å². The van der Waals surface area contributed by atoms with Crippen LogP contribution in [0.1, 0.15) is 19.7 Å². The van der Waals surface area contributed by atoms with Gasteiger partial charge in [0.15, 0.2) is 17.1 Å². The lowest BCUT2D eigenvalue weighted by atomic mass is 10.1. The second-order valence-corrected chi connectivity index (χ2v) is 6.37. The van der Waals surface area contributed by atoms with Crippen molar-refractivity contribution in [2.24, 2.45) is 0 Å². The highest BCUT2D eigenvalue weighted by Gasteiger charge is 2.30. The molecule has 1 heterocycles. The molecule has 1 N–H and O–H groups in total. The Kier molecular flexibility index (Phi) is 4.20. The molecule has 0 aliphatic heterocycles. The Balaban J connectivity index is 1.74. The van der Waals surface area contributed by atoms with E-state index in [2.05, 4.69) is 10.3 Å². The van der Waals surface area contributed by atoms with E-state index in [9.17, 15) is 4.79 Å². The first-order chi connectivity index (χ1) is 11.3. The van der Waals surface area contributed by atoms with Crippen LogP contribution >= 0.6 is 11.6 Å². The number of nitrogens with zero attached hydrogens (tertiary/aromatic N) is 1. The fourth-order valence-corrected chi connectivity index (χ4v) is 2.37. The summed E-state index contributed by atoms with van der Waals surface area (Å²) in [5.41, 5.74) is 0.959. The van der Waals surface area contributed by atoms with E-state index in [-0.39, 0.29) is 5.91 Å². The summed E-state index contributed by atoms with van der Waals surface area (Å²) in [5, 5.41) is 3.46. The van der Waals surface area contributed by atoms with Gasteiger partial charge in [-0.15, -0.1) is 0 Å². The van der Waals surface area contributed by atoms with Crippen molar-refractivity contribution in [1.82, 2.24) is 4.98 Å². The molecule has 1 amide bonds. The van der Waals surface area contributed by atoms with Gasteiger partial charge in [-0.05, 0) is 56.3 Å². The SMILES string of the molecule is Cc1nc2cc(NC(=O)C(C)(C)Oc3ccc(Cl)cc3)ccc2o1. The molecule has 2 aromatic carbocycles. The van der Waals surface area contributed by atoms with Crippen molar-refractivity contribution in [3.63, 3.8) is 0 Å². The lowest BCUT2D eigenvalue weighted by Crippen LogP contribution is -2.42. The summed E-state index contributed by atoms with van der Waals surface area (Å²) in [5.74, 6) is 0.888. The maximum atomic E-state index is 12.5. The van der Waals surface area contributed by atoms with Gasteiger partial charge in [-0.25, -0.2) is 4.98 Å². The van der Waals surface area contributed by atoms with Crippen molar-refractivity contribution in [3.8, 4) is 5.75 Å². The van der Waals surface area contributed by atoms with Crippen molar-refractivity contribution in [2.75, 3.05) is 5.32 Å². The number of carbonyl (C=O) groups excluding carboxylic acids is 1. The van der Waals surface area contributed by atoms with Gasteiger partial charge < -0.3 is 14.5 Å². The van der Waals surface area contributed by atoms with E-state index in [1.807, 2.05) is 0 Å². The number of rotatable bonds is 4. The molecular formula is C18H17ClN2O3. The number of ether oxygens (including phenoxy) is 1. The minimum atomic E-state index is -1.05. The number of anilines is 1. The third-order valence-corrected chi connectivity index (χ3v) is 3.74. The fourth-order valence-electron chi connectivity index (χ4n) is 2.25. The molecule has 0 aliphatic carbocycles. The molecule has 5 nitrogen and oxygen atoms in total. The van der Waals surface area contributed by atoms with Crippen LogP contribution in [0.5, 0.6) is 5.75 Å². The molecule has 3 aromatic rings. The number of amides is 1. The average Bonchev–Trinajstić information content (AvgIpc) is 2.88. The topological polar surface area (TPSA) is 64.4 Å². The van der Waals surface area contributed by atoms with Gasteiger partial charge in [0.25, 0.3) is 5.91 Å². The minimum absolute atomic E-state index is 0.267. The molecule has 0 fully saturated rings. The van der Waals surface area contributed by atoms with Gasteiger partial charge in [0.05, 0.1) is 0 Å². The summed E-state index contributed by atoms with van der Waals surface area (Å²) in [6.45, 7) is 5.19. The van der Waals surface area contributed by atoms with Crippen LogP contribution in [0.3, 0.4) is 0 Å². The summed E-state index contributed by atoms with van der Waals surface area (Å²) >= 11 is 5.85. The van der Waals surface area contributed by atoms with Gasteiger partial charge in [-0.2, -0.15) is 0 Å². The third-order valence-electron chi connectivity index (χ3n) is 3.49. The summed E-state index contributed by atoms with van der Waals surface area (Å²) in [7, 11) is 0. The van der Waals surface area contributed by atoms with E-state index in [0.29, 0.717) is 33.4 Å². The monoisotopic (exact) mass is 344 g/mol. The second kappa shape index (κ2) is 6.17. The van der Waals surface area contributed by atoms with Crippen LogP contribution in [-0.4, -0.2) is 16.5 Å². The van der Waals surface area contributed by atoms with Crippen LogP contribution in [-0.2, 0) is 4.79 Å². The number of aryl methyl sites for hydroxylation is 1. The van der Waals surface area contributed by atoms with Gasteiger partial charge in [-0.3, -0.25) is 4.79 Å². The smallest absolute Gasteiger partial charge is 0.267 e. The number of benzene rings is 2. The zero-order valence-electron chi connectivity index (χ0n) is 13.6. The number of oxazole rings is 1. The highest BCUT2D eigenvalue weighted by molar-refractivity contribution is 6.30. The number of halogens is 1. The molecule has 0 bridgehead atoms. The van der Waals surface area contributed by atoms with Crippen LogP contribution in [0.25, 0.3) is 11.1 Å². The molecule has 1 aromatic heterocycles. The number of nitrogens with one attached hydrogen (secondary N) is 1. The number of hydrogen-bond acceptors (Lipinski definition) is 4. The molecule has 6 heteroatoms. The molecule has 0 saturated carbocycles. The maximum absolute atomic E-state index is 12.5. The summed E-state index contributed by atoms with van der Waals surface area (Å²) in [6.07, 6.45) is 0. The fraction of sp³-hybridized carbons (Fsp3) is 0.222. The van der Waals surface area contributed by atoms with Gasteiger partial charge >= 0.3 is 0 Å². The molecule has 3 rings (SSSR count). The Morgan fingerprint density at radius 3 is 2.62 bits per heavy atom. The molecular weight excluding hydrogens is 328 g/mol. The first-order valence-corrected chi connectivity index (χ1v) is 7.84. The van der Waals surface area contributed by atoms with Crippen LogP contribution in [0.2, 0.25) is 5.02 Å². The molecule has 124 valence electrons. The lowest BCUT2D eigenvalue weighted by molar-refractivity contribution is -0.128. The number of fused-ring (bicyclic) bond motifs is 1. The van der Waals surface area contributed by atoms with Gasteiger partial charge in [0, 0.05) is 17.6 Å². The molecule has 0 unspecified atom stereocenters. The second-order valence-electron chi connectivity index (χ2n) is 5.94. The summed E-state index contributed by atoms with van der Waals surface area (Å²) in [4.78, 5) is 16.8. The Morgan fingerprint density at radius 1 is 1.21 bits per heavy atom. The largest absolute Gasteiger partial charge is 0.478 e. The van der Waals surface area contributed by atoms with Gasteiger partial charge in [0.2, 0.25) is 0 Å². The highest BCUT2D eigenvalue weighted by Crippen LogP contribution is 2.24. The van der Waals surface area contributed by atoms with Crippen molar-refractivity contribution in [1.29, 1.82) is 0 Å². The third kappa shape index (κ3) is 3.51. The molecule has 0 spiro atoms. The molecule has 0 radical (unpaired) electrons. The Bertz CT molecular complexity index is 885.